The maximum absolute atomic E-state index is 14.2. The molecular weight excluding hydrogens is 543 g/mol. The lowest BCUT2D eigenvalue weighted by Crippen LogP contribution is -2.55. The van der Waals surface area contributed by atoms with Gasteiger partial charge in [0, 0.05) is 33.1 Å². The second kappa shape index (κ2) is 14.2. The highest BCUT2D eigenvalue weighted by Crippen LogP contribution is 2.22. The van der Waals surface area contributed by atoms with Crippen molar-refractivity contribution < 1.29 is 22.4 Å². The fourth-order valence-electron chi connectivity index (χ4n) is 4.21. The number of benzene rings is 3. The molecule has 1 N–H and O–H groups in total. The van der Waals surface area contributed by atoms with Gasteiger partial charge in [-0.1, -0.05) is 67.1 Å². The molecular formula is C31H39FN4O4S. The maximum Gasteiger partial charge on any atom is 0.304 e. The van der Waals surface area contributed by atoms with E-state index in [2.05, 4.69) is 5.32 Å². The van der Waals surface area contributed by atoms with E-state index in [1.54, 1.807) is 0 Å². The van der Waals surface area contributed by atoms with E-state index >= 15 is 0 Å². The van der Waals surface area contributed by atoms with Gasteiger partial charge in [0.05, 0.1) is 5.69 Å². The van der Waals surface area contributed by atoms with Gasteiger partial charge in [0.2, 0.25) is 11.8 Å². The topological polar surface area (TPSA) is 90.0 Å². The Morgan fingerprint density at radius 1 is 0.902 bits per heavy atom. The fraction of sp³-hybridized carbons (Fsp3) is 0.355. The molecule has 220 valence electrons. The second-order valence-electron chi connectivity index (χ2n) is 10.3. The molecule has 0 heterocycles. The van der Waals surface area contributed by atoms with E-state index in [0.29, 0.717) is 6.42 Å². The van der Waals surface area contributed by atoms with Crippen LogP contribution in [0.3, 0.4) is 0 Å². The molecule has 0 saturated heterocycles. The second-order valence-corrected chi connectivity index (χ2v) is 12.4. The Morgan fingerprint density at radius 2 is 1.51 bits per heavy atom. The summed E-state index contributed by atoms with van der Waals surface area (Å²) < 4.78 is 42.3. The zero-order valence-corrected chi connectivity index (χ0v) is 25.1. The van der Waals surface area contributed by atoms with E-state index in [1.165, 1.54) is 31.1 Å². The van der Waals surface area contributed by atoms with Crippen LogP contribution < -0.4 is 9.62 Å². The van der Waals surface area contributed by atoms with Crippen molar-refractivity contribution in [2.45, 2.75) is 52.2 Å². The molecule has 0 unspecified atom stereocenters. The van der Waals surface area contributed by atoms with Crippen molar-refractivity contribution in [3.05, 3.63) is 101 Å². The van der Waals surface area contributed by atoms with Crippen molar-refractivity contribution >= 4 is 27.7 Å². The van der Waals surface area contributed by atoms with Crippen LogP contribution in [0.1, 0.15) is 37.0 Å². The number of halogens is 1. The predicted octanol–water partition coefficient (Wildman–Crippen LogP) is 4.30. The first kappa shape index (κ1) is 31.8. The van der Waals surface area contributed by atoms with E-state index in [9.17, 15) is 22.4 Å². The number of carbonyl (C=O) groups excluding carboxylic acids is 2. The molecule has 3 aromatic rings. The van der Waals surface area contributed by atoms with Gasteiger partial charge in [0.15, 0.2) is 0 Å². The van der Waals surface area contributed by atoms with Crippen molar-refractivity contribution in [1.29, 1.82) is 0 Å². The Bertz CT molecular complexity index is 1400. The Morgan fingerprint density at radius 3 is 2.07 bits per heavy atom. The molecule has 0 radical (unpaired) electrons. The van der Waals surface area contributed by atoms with Crippen molar-refractivity contribution in [3.8, 4) is 0 Å². The third kappa shape index (κ3) is 8.61. The zero-order chi connectivity index (χ0) is 30.2. The summed E-state index contributed by atoms with van der Waals surface area (Å²) in [6, 6.07) is 20.9. The van der Waals surface area contributed by atoms with Crippen molar-refractivity contribution in [2.75, 3.05) is 24.9 Å². The maximum atomic E-state index is 14.2. The summed E-state index contributed by atoms with van der Waals surface area (Å²) in [5.41, 5.74) is 2.82. The molecule has 10 heteroatoms. The van der Waals surface area contributed by atoms with E-state index in [1.807, 2.05) is 75.4 Å². The van der Waals surface area contributed by atoms with Crippen LogP contribution in [-0.2, 0) is 32.8 Å². The molecule has 0 fully saturated rings. The summed E-state index contributed by atoms with van der Waals surface area (Å²) in [6.45, 7) is 5.31. The zero-order valence-electron chi connectivity index (χ0n) is 24.2. The first-order valence-corrected chi connectivity index (χ1v) is 15.0. The predicted molar refractivity (Wildman–Crippen MR) is 160 cm³/mol. The van der Waals surface area contributed by atoms with Crippen LogP contribution in [0.5, 0.6) is 0 Å². The van der Waals surface area contributed by atoms with Gasteiger partial charge >= 0.3 is 10.2 Å². The minimum atomic E-state index is -4.14. The standard InChI is InChI=1S/C31H39FN4O4S/c1-6-24(3)33-31(38)29(20-25-10-8-7-9-11-25)35(21-26-14-12-23(2)13-15-26)30(37)22-36(41(39,40)34(4)5)28-18-16-27(32)17-19-28/h7-19,24,29H,6,20-22H2,1-5H3,(H,33,38)/t24-,29+/m1/s1. The van der Waals surface area contributed by atoms with Gasteiger partial charge in [0.1, 0.15) is 18.4 Å². The largest absolute Gasteiger partial charge is 0.352 e. The molecule has 0 aromatic heterocycles. The van der Waals surface area contributed by atoms with Crippen LogP contribution in [-0.4, -0.2) is 62.2 Å². The van der Waals surface area contributed by atoms with Gasteiger partial charge in [-0.3, -0.25) is 9.59 Å². The molecule has 0 bridgehead atoms. The van der Waals surface area contributed by atoms with Crippen LogP contribution in [0, 0.1) is 12.7 Å². The van der Waals surface area contributed by atoms with Crippen LogP contribution >= 0.6 is 0 Å². The highest BCUT2D eigenvalue weighted by molar-refractivity contribution is 7.90. The Balaban J connectivity index is 2.08. The molecule has 0 saturated carbocycles. The molecule has 3 rings (SSSR count). The summed E-state index contributed by atoms with van der Waals surface area (Å²) in [7, 11) is -1.42. The monoisotopic (exact) mass is 582 g/mol. The molecule has 0 aliphatic heterocycles. The summed E-state index contributed by atoms with van der Waals surface area (Å²) in [5, 5.41) is 3.01. The number of amides is 2. The molecule has 0 aliphatic carbocycles. The molecule has 8 nitrogen and oxygen atoms in total. The third-order valence-electron chi connectivity index (χ3n) is 6.88. The molecule has 41 heavy (non-hydrogen) atoms. The first-order valence-electron chi connectivity index (χ1n) is 13.6. The molecule has 0 aliphatic rings. The van der Waals surface area contributed by atoms with Crippen molar-refractivity contribution in [2.24, 2.45) is 0 Å². The number of nitrogens with zero attached hydrogens (tertiary/aromatic N) is 3. The van der Waals surface area contributed by atoms with E-state index < -0.39 is 34.5 Å². The molecule has 2 atom stereocenters. The normalized spacial score (nSPS) is 13.0. The van der Waals surface area contributed by atoms with Crippen LogP contribution in [0.15, 0.2) is 78.9 Å². The SMILES string of the molecule is CC[C@@H](C)NC(=O)[C@H](Cc1ccccc1)N(Cc1ccc(C)cc1)C(=O)CN(c1ccc(F)cc1)S(=O)(=O)N(C)C. The van der Waals surface area contributed by atoms with Gasteiger partial charge < -0.3 is 10.2 Å². The van der Waals surface area contributed by atoms with Crippen LogP contribution in [0.4, 0.5) is 10.1 Å². The highest BCUT2D eigenvalue weighted by atomic mass is 32.2. The van der Waals surface area contributed by atoms with Gasteiger partial charge in [-0.15, -0.1) is 0 Å². The average Bonchev–Trinajstić information content (AvgIpc) is 2.95. The van der Waals surface area contributed by atoms with Gasteiger partial charge in [-0.2, -0.15) is 12.7 Å². The molecule has 0 spiro atoms. The van der Waals surface area contributed by atoms with Gasteiger partial charge in [0.25, 0.3) is 0 Å². The van der Waals surface area contributed by atoms with Gasteiger partial charge in [-0.05, 0) is 55.7 Å². The lowest BCUT2D eigenvalue weighted by atomic mass is 10.0. The number of anilines is 1. The average molecular weight is 583 g/mol. The third-order valence-corrected chi connectivity index (χ3v) is 8.70. The van der Waals surface area contributed by atoms with Gasteiger partial charge in [-0.25, -0.2) is 8.70 Å². The lowest BCUT2D eigenvalue weighted by molar-refractivity contribution is -0.140. The summed E-state index contributed by atoms with van der Waals surface area (Å²) in [6.07, 6.45) is 0.937. The molecule has 3 aromatic carbocycles. The number of rotatable bonds is 13. The number of aryl methyl sites for hydroxylation is 1. The van der Waals surface area contributed by atoms with Crippen molar-refractivity contribution in [1.82, 2.24) is 14.5 Å². The smallest absolute Gasteiger partial charge is 0.304 e. The van der Waals surface area contributed by atoms with Crippen LogP contribution in [0.25, 0.3) is 0 Å². The van der Waals surface area contributed by atoms with Crippen molar-refractivity contribution in [3.63, 3.8) is 0 Å². The summed E-state index contributed by atoms with van der Waals surface area (Å²) >= 11 is 0. The van der Waals surface area contributed by atoms with E-state index in [0.717, 1.165) is 37.4 Å². The summed E-state index contributed by atoms with van der Waals surface area (Å²) in [4.78, 5) is 29.3. The summed E-state index contributed by atoms with van der Waals surface area (Å²) in [5.74, 6) is -1.43. The van der Waals surface area contributed by atoms with E-state index in [4.69, 9.17) is 0 Å². The Hall–Kier alpha value is -3.76. The minimum Gasteiger partial charge on any atom is -0.352 e. The highest BCUT2D eigenvalue weighted by Gasteiger charge is 2.35. The number of nitrogens with one attached hydrogen (secondary N) is 1. The quantitative estimate of drug-likeness (QED) is 0.326. The number of carbonyl (C=O) groups is 2. The molecule has 2 amide bonds. The lowest BCUT2D eigenvalue weighted by Gasteiger charge is -2.35. The minimum absolute atomic E-state index is 0.0871. The number of hydrogen-bond donors (Lipinski definition) is 1. The number of hydrogen-bond acceptors (Lipinski definition) is 4. The Kier molecular flexibility index (Phi) is 11.0. The Labute approximate surface area is 243 Å². The van der Waals surface area contributed by atoms with Crippen LogP contribution in [0.2, 0.25) is 0 Å². The fourth-order valence-corrected chi connectivity index (χ4v) is 5.27. The van der Waals surface area contributed by atoms with E-state index in [-0.39, 0.29) is 30.6 Å². The first-order chi connectivity index (χ1) is 19.4.